The highest BCUT2D eigenvalue weighted by molar-refractivity contribution is 5.91. The molecule has 0 aliphatic heterocycles. The van der Waals surface area contributed by atoms with Gasteiger partial charge in [-0.25, -0.2) is 4.98 Å². The van der Waals surface area contributed by atoms with Gasteiger partial charge in [0.05, 0.1) is 6.54 Å². The number of amides is 1. The van der Waals surface area contributed by atoms with Gasteiger partial charge in [0.2, 0.25) is 5.91 Å². The standard InChI is InChI=1S/C14H19N5O.ClH/c1-2-15-9-12-5-3-4-6-13(12)18-14(20)7-8-19-11-16-10-17-19;/h3-6,10-11,15H,2,7-9H2,1H3,(H,18,20);1H. The predicted molar refractivity (Wildman–Crippen MR) is 84.3 cm³/mol. The zero-order chi connectivity index (χ0) is 14.2. The van der Waals surface area contributed by atoms with Gasteiger partial charge in [0.25, 0.3) is 0 Å². The lowest BCUT2D eigenvalue weighted by Crippen LogP contribution is -2.18. The molecule has 2 aromatic rings. The summed E-state index contributed by atoms with van der Waals surface area (Å²) in [4.78, 5) is 15.8. The lowest BCUT2D eigenvalue weighted by molar-refractivity contribution is -0.116. The predicted octanol–water partition coefficient (Wildman–Crippen LogP) is 1.84. The molecule has 2 rings (SSSR count). The highest BCUT2D eigenvalue weighted by Gasteiger charge is 2.06. The van der Waals surface area contributed by atoms with Gasteiger partial charge in [0.15, 0.2) is 0 Å². The molecule has 21 heavy (non-hydrogen) atoms. The topological polar surface area (TPSA) is 71.8 Å². The zero-order valence-corrected chi connectivity index (χ0v) is 12.8. The highest BCUT2D eigenvalue weighted by Crippen LogP contribution is 2.15. The van der Waals surface area contributed by atoms with Crippen LogP contribution in [0.25, 0.3) is 0 Å². The molecule has 2 N–H and O–H groups in total. The van der Waals surface area contributed by atoms with Crippen LogP contribution in [0.4, 0.5) is 5.69 Å². The van der Waals surface area contributed by atoms with E-state index in [1.54, 1.807) is 11.0 Å². The molecule has 1 amide bonds. The molecule has 0 aliphatic rings. The Morgan fingerprint density at radius 3 is 2.86 bits per heavy atom. The number of halogens is 1. The summed E-state index contributed by atoms with van der Waals surface area (Å²) in [6.07, 6.45) is 3.44. The normalized spacial score (nSPS) is 9.95. The molecule has 0 atom stereocenters. The minimum absolute atomic E-state index is 0. The second-order valence-electron chi connectivity index (χ2n) is 4.39. The van der Waals surface area contributed by atoms with Crippen LogP contribution in [-0.2, 0) is 17.9 Å². The van der Waals surface area contributed by atoms with Crippen LogP contribution < -0.4 is 10.6 Å². The van der Waals surface area contributed by atoms with E-state index < -0.39 is 0 Å². The Morgan fingerprint density at radius 2 is 2.14 bits per heavy atom. The Hall–Kier alpha value is -1.92. The van der Waals surface area contributed by atoms with Crippen molar-refractivity contribution in [1.29, 1.82) is 0 Å². The molecule has 0 spiro atoms. The van der Waals surface area contributed by atoms with Gasteiger partial charge in [-0.3, -0.25) is 9.48 Å². The van der Waals surface area contributed by atoms with Crippen molar-refractivity contribution in [3.8, 4) is 0 Å². The summed E-state index contributed by atoms with van der Waals surface area (Å²) in [5.41, 5.74) is 1.94. The van der Waals surface area contributed by atoms with Gasteiger partial charge in [0, 0.05) is 18.7 Å². The van der Waals surface area contributed by atoms with Crippen LogP contribution in [0.2, 0.25) is 0 Å². The molecule has 0 saturated carbocycles. The number of nitrogens with zero attached hydrogens (tertiary/aromatic N) is 3. The molecule has 1 aromatic carbocycles. The van der Waals surface area contributed by atoms with Gasteiger partial charge in [-0.15, -0.1) is 12.4 Å². The summed E-state index contributed by atoms with van der Waals surface area (Å²) in [5, 5.41) is 10.2. The molecule has 7 heteroatoms. The molecule has 0 fully saturated rings. The lowest BCUT2D eigenvalue weighted by Gasteiger charge is -2.11. The summed E-state index contributed by atoms with van der Waals surface area (Å²) in [7, 11) is 0. The van der Waals surface area contributed by atoms with Crippen molar-refractivity contribution in [3.63, 3.8) is 0 Å². The zero-order valence-electron chi connectivity index (χ0n) is 12.0. The third-order valence-corrected chi connectivity index (χ3v) is 2.89. The van der Waals surface area contributed by atoms with Gasteiger partial charge in [-0.1, -0.05) is 25.1 Å². The molecule has 114 valence electrons. The van der Waals surface area contributed by atoms with Crippen LogP contribution >= 0.6 is 12.4 Å². The van der Waals surface area contributed by atoms with Crippen LogP contribution in [0.1, 0.15) is 18.9 Å². The van der Waals surface area contributed by atoms with Gasteiger partial charge in [-0.05, 0) is 18.2 Å². The highest BCUT2D eigenvalue weighted by atomic mass is 35.5. The molecule has 6 nitrogen and oxygen atoms in total. The van der Waals surface area contributed by atoms with Crippen LogP contribution in [0.15, 0.2) is 36.9 Å². The molecule has 0 unspecified atom stereocenters. The van der Waals surface area contributed by atoms with Crippen LogP contribution in [0, 0.1) is 0 Å². The first kappa shape index (κ1) is 17.1. The molecule has 0 aliphatic carbocycles. The van der Waals surface area contributed by atoms with Gasteiger partial charge >= 0.3 is 0 Å². The number of hydrogen-bond acceptors (Lipinski definition) is 4. The number of carbonyl (C=O) groups is 1. The average molecular weight is 310 g/mol. The first-order chi connectivity index (χ1) is 9.79. The Kier molecular flexibility index (Phi) is 7.42. The average Bonchev–Trinajstić information content (AvgIpc) is 2.97. The summed E-state index contributed by atoms with van der Waals surface area (Å²) >= 11 is 0. The third-order valence-electron chi connectivity index (χ3n) is 2.89. The van der Waals surface area contributed by atoms with Crippen LogP contribution in [0.5, 0.6) is 0 Å². The molecular formula is C14H20ClN5O. The van der Waals surface area contributed by atoms with Crippen molar-refractivity contribution >= 4 is 24.0 Å². The largest absolute Gasteiger partial charge is 0.326 e. The number of anilines is 1. The number of carbonyl (C=O) groups excluding carboxylic acids is 1. The number of benzene rings is 1. The minimum atomic E-state index is -0.0237. The fourth-order valence-electron chi connectivity index (χ4n) is 1.83. The van der Waals surface area contributed by atoms with E-state index in [9.17, 15) is 4.79 Å². The summed E-state index contributed by atoms with van der Waals surface area (Å²) < 4.78 is 1.64. The maximum Gasteiger partial charge on any atom is 0.226 e. The molecular weight excluding hydrogens is 290 g/mol. The molecule has 1 heterocycles. The monoisotopic (exact) mass is 309 g/mol. The van der Waals surface area contributed by atoms with E-state index in [-0.39, 0.29) is 18.3 Å². The van der Waals surface area contributed by atoms with Crippen molar-refractivity contribution in [1.82, 2.24) is 20.1 Å². The third kappa shape index (κ3) is 5.53. The Labute approximate surface area is 130 Å². The van der Waals surface area contributed by atoms with E-state index in [1.807, 2.05) is 24.3 Å². The van der Waals surface area contributed by atoms with E-state index in [4.69, 9.17) is 0 Å². The van der Waals surface area contributed by atoms with E-state index >= 15 is 0 Å². The van der Waals surface area contributed by atoms with Crippen molar-refractivity contribution in [2.75, 3.05) is 11.9 Å². The SMILES string of the molecule is CCNCc1ccccc1NC(=O)CCn1cncn1.Cl. The maximum absolute atomic E-state index is 11.9. The van der Waals surface area contributed by atoms with Gasteiger partial charge in [0.1, 0.15) is 12.7 Å². The first-order valence-electron chi connectivity index (χ1n) is 6.70. The second-order valence-corrected chi connectivity index (χ2v) is 4.39. The number of aryl methyl sites for hydroxylation is 1. The van der Waals surface area contributed by atoms with Crippen molar-refractivity contribution < 1.29 is 4.79 Å². The number of para-hydroxylation sites is 1. The smallest absolute Gasteiger partial charge is 0.226 e. The molecule has 0 saturated heterocycles. The quantitative estimate of drug-likeness (QED) is 0.818. The minimum Gasteiger partial charge on any atom is -0.326 e. The second kappa shape index (κ2) is 9.10. The van der Waals surface area contributed by atoms with E-state index in [0.29, 0.717) is 13.0 Å². The summed E-state index contributed by atoms with van der Waals surface area (Å²) in [6.45, 7) is 4.23. The number of nitrogens with one attached hydrogen (secondary N) is 2. The molecule has 0 radical (unpaired) electrons. The number of aromatic nitrogens is 3. The Bertz CT molecular complexity index is 544. The Balaban J connectivity index is 0.00000220. The number of hydrogen-bond donors (Lipinski definition) is 2. The Morgan fingerprint density at radius 1 is 1.33 bits per heavy atom. The van der Waals surface area contributed by atoms with Crippen molar-refractivity contribution in [2.45, 2.75) is 26.4 Å². The van der Waals surface area contributed by atoms with Crippen LogP contribution in [0.3, 0.4) is 0 Å². The maximum atomic E-state index is 11.9. The number of rotatable bonds is 7. The van der Waals surface area contributed by atoms with Crippen molar-refractivity contribution in [2.24, 2.45) is 0 Å². The summed E-state index contributed by atoms with van der Waals surface area (Å²) in [5.74, 6) is -0.0237. The van der Waals surface area contributed by atoms with E-state index in [2.05, 4.69) is 27.6 Å². The van der Waals surface area contributed by atoms with Gasteiger partial charge < -0.3 is 10.6 Å². The van der Waals surface area contributed by atoms with E-state index in [0.717, 1.165) is 24.3 Å². The van der Waals surface area contributed by atoms with Crippen molar-refractivity contribution in [3.05, 3.63) is 42.5 Å². The lowest BCUT2D eigenvalue weighted by atomic mass is 10.1. The fourth-order valence-corrected chi connectivity index (χ4v) is 1.83. The fraction of sp³-hybridized carbons (Fsp3) is 0.357. The summed E-state index contributed by atoms with van der Waals surface area (Å²) in [6, 6.07) is 7.82. The molecule has 1 aromatic heterocycles. The van der Waals surface area contributed by atoms with E-state index in [1.165, 1.54) is 6.33 Å². The van der Waals surface area contributed by atoms with Crippen LogP contribution in [-0.4, -0.2) is 27.2 Å². The van der Waals surface area contributed by atoms with Gasteiger partial charge in [-0.2, -0.15) is 5.10 Å². The molecule has 0 bridgehead atoms. The first-order valence-corrected chi connectivity index (χ1v) is 6.70.